The van der Waals surface area contributed by atoms with E-state index < -0.39 is 18.4 Å². The smallest absolute Gasteiger partial charge is 0.309 e. The summed E-state index contributed by atoms with van der Waals surface area (Å²) in [6, 6.07) is 9.08. The number of carbonyl (C=O) groups is 1. The van der Waals surface area contributed by atoms with Crippen LogP contribution in [0, 0.1) is 5.92 Å². The van der Waals surface area contributed by atoms with Crippen molar-refractivity contribution in [1.82, 2.24) is 0 Å². The van der Waals surface area contributed by atoms with E-state index in [1.165, 1.54) is 0 Å². The molecule has 4 nitrogen and oxygen atoms in total. The summed E-state index contributed by atoms with van der Waals surface area (Å²) in [7, 11) is -3.08. The van der Waals surface area contributed by atoms with Crippen LogP contribution in [0.3, 0.4) is 0 Å². The molecule has 0 saturated carbocycles. The molecule has 1 unspecified atom stereocenters. The van der Waals surface area contributed by atoms with Crippen molar-refractivity contribution in [1.29, 1.82) is 0 Å². The molecule has 124 valence electrons. The lowest BCUT2D eigenvalue weighted by atomic mass is 10.2. The summed E-state index contributed by atoms with van der Waals surface area (Å²) in [5.41, 5.74) is 0. The van der Waals surface area contributed by atoms with Crippen LogP contribution < -0.4 is 4.52 Å². The van der Waals surface area contributed by atoms with Crippen LogP contribution in [0.25, 0.3) is 0 Å². The summed E-state index contributed by atoms with van der Waals surface area (Å²) in [6.45, 7) is 11.0. The molecule has 1 aromatic rings. The molecule has 0 spiro atoms. The topological polar surface area (TPSA) is 52.6 Å². The Bertz CT molecular complexity index is 531. The maximum absolute atomic E-state index is 13.4. The molecular formula is C17H27O4P. The Kier molecular flexibility index (Phi) is 6.25. The van der Waals surface area contributed by atoms with Crippen LogP contribution in [-0.2, 0) is 14.1 Å². The SMILES string of the molecule is CC(C)OC(=O)[C@@H](C)CP(=O)(Oc1ccccc1)C(C)(C)C. The monoisotopic (exact) mass is 326 g/mol. The van der Waals surface area contributed by atoms with E-state index in [-0.39, 0.29) is 18.2 Å². The van der Waals surface area contributed by atoms with Crippen molar-refractivity contribution in [3.05, 3.63) is 30.3 Å². The summed E-state index contributed by atoms with van der Waals surface area (Å²) in [5.74, 6) is -0.252. The van der Waals surface area contributed by atoms with Crippen LogP contribution >= 0.6 is 7.37 Å². The highest BCUT2D eigenvalue weighted by molar-refractivity contribution is 7.61. The lowest BCUT2D eigenvalue weighted by molar-refractivity contribution is -0.151. The third-order valence-electron chi connectivity index (χ3n) is 3.29. The van der Waals surface area contributed by atoms with Crippen LogP contribution in [0.15, 0.2) is 30.3 Å². The minimum absolute atomic E-state index is 0.164. The van der Waals surface area contributed by atoms with Gasteiger partial charge in [-0.3, -0.25) is 9.36 Å². The Hall–Kier alpha value is -1.28. The Morgan fingerprint density at radius 1 is 1.14 bits per heavy atom. The van der Waals surface area contributed by atoms with E-state index in [9.17, 15) is 9.36 Å². The molecule has 0 aliphatic heterocycles. The van der Waals surface area contributed by atoms with Gasteiger partial charge in [0.05, 0.1) is 12.0 Å². The molecule has 5 heteroatoms. The quantitative estimate of drug-likeness (QED) is 0.560. The van der Waals surface area contributed by atoms with Crippen LogP contribution in [0.1, 0.15) is 41.5 Å². The predicted molar refractivity (Wildman–Crippen MR) is 89.7 cm³/mol. The molecule has 0 aromatic heterocycles. The van der Waals surface area contributed by atoms with Crippen molar-refractivity contribution in [2.45, 2.75) is 52.8 Å². The van der Waals surface area contributed by atoms with Gasteiger partial charge < -0.3 is 9.26 Å². The van der Waals surface area contributed by atoms with E-state index in [0.717, 1.165) is 0 Å². The first-order chi connectivity index (χ1) is 10.0. The third-order valence-corrected chi connectivity index (χ3v) is 6.86. The first-order valence-corrected chi connectivity index (χ1v) is 9.40. The first kappa shape index (κ1) is 18.8. The van der Waals surface area contributed by atoms with Gasteiger partial charge in [-0.15, -0.1) is 0 Å². The second-order valence-electron chi connectivity index (χ2n) is 6.82. The van der Waals surface area contributed by atoms with E-state index >= 15 is 0 Å². The molecule has 0 heterocycles. The highest BCUT2D eigenvalue weighted by Crippen LogP contribution is 2.59. The van der Waals surface area contributed by atoms with Crippen molar-refractivity contribution in [3.8, 4) is 5.75 Å². The zero-order chi connectivity index (χ0) is 17.0. The number of para-hydroxylation sites is 1. The Labute approximate surface area is 133 Å². The number of hydrogen-bond donors (Lipinski definition) is 0. The first-order valence-electron chi connectivity index (χ1n) is 7.59. The minimum Gasteiger partial charge on any atom is -0.463 e. The zero-order valence-corrected chi connectivity index (χ0v) is 15.2. The summed E-state index contributed by atoms with van der Waals surface area (Å²) in [4.78, 5) is 12.0. The molecule has 2 atom stereocenters. The molecule has 0 saturated heterocycles. The van der Waals surface area contributed by atoms with E-state index in [2.05, 4.69) is 0 Å². The number of ether oxygens (including phenoxy) is 1. The highest BCUT2D eigenvalue weighted by atomic mass is 31.2. The van der Waals surface area contributed by atoms with E-state index in [1.807, 2.05) is 39.0 Å². The number of carbonyl (C=O) groups excluding carboxylic acids is 1. The maximum Gasteiger partial charge on any atom is 0.309 e. The van der Waals surface area contributed by atoms with Crippen molar-refractivity contribution in [2.24, 2.45) is 5.92 Å². The maximum atomic E-state index is 13.4. The Morgan fingerprint density at radius 3 is 2.14 bits per heavy atom. The zero-order valence-electron chi connectivity index (χ0n) is 14.3. The molecule has 0 N–H and O–H groups in total. The number of esters is 1. The van der Waals surface area contributed by atoms with E-state index in [0.29, 0.717) is 5.75 Å². The van der Waals surface area contributed by atoms with Crippen molar-refractivity contribution < 1.29 is 18.6 Å². The van der Waals surface area contributed by atoms with Gasteiger partial charge in [0, 0.05) is 11.3 Å². The molecule has 1 aromatic carbocycles. The molecule has 1 rings (SSSR count). The Morgan fingerprint density at radius 2 is 1.68 bits per heavy atom. The second-order valence-corrected chi connectivity index (χ2v) is 10.1. The normalized spacial score (nSPS) is 16.0. The second kappa shape index (κ2) is 7.32. The lowest BCUT2D eigenvalue weighted by Gasteiger charge is -2.32. The fourth-order valence-corrected chi connectivity index (χ4v) is 4.11. The van der Waals surface area contributed by atoms with Gasteiger partial charge >= 0.3 is 5.97 Å². The van der Waals surface area contributed by atoms with Gasteiger partial charge in [-0.2, -0.15) is 0 Å². The van der Waals surface area contributed by atoms with Gasteiger partial charge in [0.15, 0.2) is 0 Å². The molecule has 0 aliphatic carbocycles. The van der Waals surface area contributed by atoms with E-state index in [4.69, 9.17) is 9.26 Å². The van der Waals surface area contributed by atoms with Gasteiger partial charge in [-0.25, -0.2) is 0 Å². The Balaban J connectivity index is 2.94. The molecule has 22 heavy (non-hydrogen) atoms. The van der Waals surface area contributed by atoms with Crippen LogP contribution in [0.5, 0.6) is 5.75 Å². The molecule has 0 radical (unpaired) electrons. The van der Waals surface area contributed by atoms with Crippen LogP contribution in [0.2, 0.25) is 0 Å². The number of benzene rings is 1. The molecular weight excluding hydrogens is 299 g/mol. The average Bonchev–Trinajstić information content (AvgIpc) is 2.37. The van der Waals surface area contributed by atoms with Crippen LogP contribution in [-0.4, -0.2) is 23.4 Å². The van der Waals surface area contributed by atoms with Crippen molar-refractivity contribution >= 4 is 13.3 Å². The average molecular weight is 326 g/mol. The van der Waals surface area contributed by atoms with Gasteiger partial charge in [0.2, 0.25) is 0 Å². The summed E-state index contributed by atoms with van der Waals surface area (Å²) in [6.07, 6.45) is -0.0178. The largest absolute Gasteiger partial charge is 0.463 e. The summed E-state index contributed by atoms with van der Waals surface area (Å²) in [5, 5.41) is -0.560. The van der Waals surface area contributed by atoms with Gasteiger partial charge in [-0.05, 0) is 26.0 Å². The highest BCUT2D eigenvalue weighted by Gasteiger charge is 2.42. The molecule has 0 fully saturated rings. The predicted octanol–water partition coefficient (Wildman–Crippen LogP) is 4.73. The fourth-order valence-electron chi connectivity index (χ4n) is 1.88. The standard InChI is InChI=1S/C17H27O4P/c1-13(2)20-16(18)14(3)12-22(19,17(4,5)6)21-15-10-8-7-9-11-15/h7-11,13-14H,12H2,1-6H3/t14-,22?/m0/s1. The summed E-state index contributed by atoms with van der Waals surface area (Å²) < 4.78 is 24.4. The minimum atomic E-state index is -3.08. The molecule has 0 aliphatic rings. The van der Waals surface area contributed by atoms with Crippen molar-refractivity contribution in [2.75, 3.05) is 6.16 Å². The van der Waals surface area contributed by atoms with Crippen molar-refractivity contribution in [3.63, 3.8) is 0 Å². The third kappa shape index (κ3) is 5.17. The van der Waals surface area contributed by atoms with Gasteiger partial charge in [-0.1, -0.05) is 45.9 Å². The summed E-state index contributed by atoms with van der Waals surface area (Å²) >= 11 is 0. The number of hydrogen-bond acceptors (Lipinski definition) is 4. The number of rotatable bonds is 6. The van der Waals surface area contributed by atoms with Gasteiger partial charge in [0.1, 0.15) is 5.75 Å². The van der Waals surface area contributed by atoms with E-state index in [1.54, 1.807) is 32.9 Å². The van der Waals surface area contributed by atoms with Gasteiger partial charge in [0.25, 0.3) is 7.37 Å². The molecule has 0 amide bonds. The van der Waals surface area contributed by atoms with Crippen LogP contribution in [0.4, 0.5) is 0 Å². The fraction of sp³-hybridized carbons (Fsp3) is 0.588. The molecule has 0 bridgehead atoms. The lowest BCUT2D eigenvalue weighted by Crippen LogP contribution is -2.28.